The minimum absolute atomic E-state index is 0.127. The highest BCUT2D eigenvalue weighted by atomic mass is 35.5. The predicted octanol–water partition coefficient (Wildman–Crippen LogP) is 2.94. The molecule has 0 atom stereocenters. The lowest BCUT2D eigenvalue weighted by Crippen LogP contribution is -2.16. The van der Waals surface area contributed by atoms with E-state index in [1.165, 1.54) is 0 Å². The zero-order valence-electron chi connectivity index (χ0n) is 12.9. The monoisotopic (exact) mass is 332 g/mol. The first kappa shape index (κ1) is 16.8. The van der Waals surface area contributed by atoms with E-state index in [0.29, 0.717) is 27.6 Å². The molecule has 0 aromatic heterocycles. The number of hydrogen-bond donors (Lipinski definition) is 2. The molecule has 0 bridgehead atoms. The number of nitrogens with one attached hydrogen (secondary N) is 1. The van der Waals surface area contributed by atoms with Crippen molar-refractivity contribution in [1.29, 1.82) is 0 Å². The molecular formula is C17H17ClN2O3. The summed E-state index contributed by atoms with van der Waals surface area (Å²) < 4.78 is 5.33. The first-order valence-corrected chi connectivity index (χ1v) is 7.31. The van der Waals surface area contributed by atoms with E-state index in [-0.39, 0.29) is 12.3 Å². The van der Waals surface area contributed by atoms with Crippen LogP contribution in [0.1, 0.15) is 21.5 Å². The molecule has 0 heterocycles. The summed E-state index contributed by atoms with van der Waals surface area (Å²) >= 11 is 6.04. The number of ether oxygens (including phenoxy) is 1. The summed E-state index contributed by atoms with van der Waals surface area (Å²) in [6.07, 6.45) is 0.127. The summed E-state index contributed by atoms with van der Waals surface area (Å²) in [5.74, 6) is -0.0765. The fourth-order valence-electron chi connectivity index (χ4n) is 2.32. The quantitative estimate of drug-likeness (QED) is 0.883. The number of amides is 2. The van der Waals surface area contributed by atoms with Gasteiger partial charge in [-0.1, -0.05) is 11.6 Å². The highest BCUT2D eigenvalue weighted by Gasteiger charge is 2.13. The standard InChI is InChI=1S/C17H17ClN2O3/c1-10-7-13(18)8-12(16(10)23-2)9-15(21)20-14-5-3-11(4-6-14)17(19)22/h3-8H,9H2,1-2H3,(H2,19,22)(H,20,21). The van der Waals surface area contributed by atoms with Gasteiger partial charge in [0.15, 0.2) is 0 Å². The molecule has 0 aliphatic rings. The van der Waals surface area contributed by atoms with Crippen LogP contribution < -0.4 is 15.8 Å². The number of nitrogens with two attached hydrogens (primary N) is 1. The second-order valence-corrected chi connectivity index (χ2v) is 5.52. The van der Waals surface area contributed by atoms with Gasteiger partial charge in [-0.05, 0) is 48.9 Å². The number of carbonyl (C=O) groups excluding carboxylic acids is 2. The minimum atomic E-state index is -0.512. The SMILES string of the molecule is COc1c(C)cc(Cl)cc1CC(=O)Nc1ccc(C(N)=O)cc1. The molecule has 0 saturated carbocycles. The van der Waals surface area contributed by atoms with E-state index in [1.54, 1.807) is 43.5 Å². The minimum Gasteiger partial charge on any atom is -0.496 e. The molecule has 2 aromatic carbocycles. The number of hydrogen-bond acceptors (Lipinski definition) is 3. The van der Waals surface area contributed by atoms with Gasteiger partial charge in [0.05, 0.1) is 13.5 Å². The lowest BCUT2D eigenvalue weighted by Gasteiger charge is -2.12. The van der Waals surface area contributed by atoms with E-state index >= 15 is 0 Å². The van der Waals surface area contributed by atoms with Crippen LogP contribution >= 0.6 is 11.6 Å². The molecule has 0 radical (unpaired) electrons. The summed E-state index contributed by atoms with van der Waals surface area (Å²) in [5, 5.41) is 3.31. The molecular weight excluding hydrogens is 316 g/mol. The normalized spacial score (nSPS) is 10.2. The van der Waals surface area contributed by atoms with Crippen LogP contribution in [0.2, 0.25) is 5.02 Å². The van der Waals surface area contributed by atoms with E-state index in [9.17, 15) is 9.59 Å². The van der Waals surface area contributed by atoms with Gasteiger partial charge in [-0.25, -0.2) is 0 Å². The molecule has 0 fully saturated rings. The van der Waals surface area contributed by atoms with E-state index in [1.807, 2.05) is 6.92 Å². The first-order valence-electron chi connectivity index (χ1n) is 6.93. The summed E-state index contributed by atoms with van der Waals surface area (Å²) in [5.41, 5.74) is 7.72. The van der Waals surface area contributed by atoms with Crippen molar-refractivity contribution in [3.63, 3.8) is 0 Å². The number of aryl methyl sites for hydroxylation is 1. The van der Waals surface area contributed by atoms with Crippen LogP contribution in [-0.2, 0) is 11.2 Å². The Hall–Kier alpha value is -2.53. The lowest BCUT2D eigenvalue weighted by molar-refractivity contribution is -0.115. The first-order chi connectivity index (χ1) is 10.9. The van der Waals surface area contributed by atoms with Gasteiger partial charge >= 0.3 is 0 Å². The van der Waals surface area contributed by atoms with Crippen LogP contribution in [0.4, 0.5) is 5.69 Å². The molecule has 120 valence electrons. The van der Waals surface area contributed by atoms with Crippen LogP contribution in [0.5, 0.6) is 5.75 Å². The van der Waals surface area contributed by atoms with Gasteiger partial charge in [-0.2, -0.15) is 0 Å². The van der Waals surface area contributed by atoms with Crippen molar-refractivity contribution in [1.82, 2.24) is 0 Å². The average molecular weight is 333 g/mol. The number of primary amides is 1. The Morgan fingerprint density at radius 3 is 2.43 bits per heavy atom. The molecule has 0 aliphatic carbocycles. The van der Waals surface area contributed by atoms with Crippen molar-refractivity contribution in [2.75, 3.05) is 12.4 Å². The Kier molecular flexibility index (Phi) is 5.24. The van der Waals surface area contributed by atoms with Crippen LogP contribution in [0.25, 0.3) is 0 Å². The molecule has 3 N–H and O–H groups in total. The average Bonchev–Trinajstić information content (AvgIpc) is 2.47. The van der Waals surface area contributed by atoms with Crippen molar-refractivity contribution >= 4 is 29.1 Å². The van der Waals surface area contributed by atoms with E-state index in [0.717, 1.165) is 5.56 Å². The molecule has 2 amide bonds. The van der Waals surface area contributed by atoms with Gasteiger partial charge in [0.1, 0.15) is 5.75 Å². The number of methoxy groups -OCH3 is 1. The van der Waals surface area contributed by atoms with Crippen molar-refractivity contribution in [3.05, 3.63) is 58.1 Å². The third kappa shape index (κ3) is 4.23. The Morgan fingerprint density at radius 2 is 1.87 bits per heavy atom. The summed E-state index contributed by atoms with van der Waals surface area (Å²) in [6, 6.07) is 9.86. The van der Waals surface area contributed by atoms with Gasteiger partial charge in [-0.15, -0.1) is 0 Å². The van der Waals surface area contributed by atoms with Gasteiger partial charge in [0.2, 0.25) is 11.8 Å². The Morgan fingerprint density at radius 1 is 1.22 bits per heavy atom. The predicted molar refractivity (Wildman–Crippen MR) is 90.0 cm³/mol. The fraction of sp³-hybridized carbons (Fsp3) is 0.176. The zero-order chi connectivity index (χ0) is 17.0. The second kappa shape index (κ2) is 7.15. The Labute approximate surface area is 139 Å². The van der Waals surface area contributed by atoms with Crippen molar-refractivity contribution in [2.45, 2.75) is 13.3 Å². The molecule has 0 aliphatic heterocycles. The topological polar surface area (TPSA) is 81.4 Å². The molecule has 0 spiro atoms. The number of benzene rings is 2. The van der Waals surface area contributed by atoms with Gasteiger partial charge in [0, 0.05) is 21.8 Å². The van der Waals surface area contributed by atoms with Crippen LogP contribution in [0.15, 0.2) is 36.4 Å². The van der Waals surface area contributed by atoms with Gasteiger partial charge < -0.3 is 15.8 Å². The fourth-order valence-corrected chi connectivity index (χ4v) is 2.61. The molecule has 0 saturated heterocycles. The maximum absolute atomic E-state index is 12.2. The molecule has 5 nitrogen and oxygen atoms in total. The summed E-state index contributed by atoms with van der Waals surface area (Å²) in [4.78, 5) is 23.2. The second-order valence-electron chi connectivity index (χ2n) is 5.08. The number of halogens is 1. The van der Waals surface area contributed by atoms with Crippen molar-refractivity contribution in [2.24, 2.45) is 5.73 Å². The smallest absolute Gasteiger partial charge is 0.248 e. The highest BCUT2D eigenvalue weighted by molar-refractivity contribution is 6.30. The summed E-state index contributed by atoms with van der Waals surface area (Å²) in [7, 11) is 1.56. The number of anilines is 1. The van der Waals surface area contributed by atoms with Crippen molar-refractivity contribution < 1.29 is 14.3 Å². The highest BCUT2D eigenvalue weighted by Crippen LogP contribution is 2.28. The Balaban J connectivity index is 2.12. The third-order valence-electron chi connectivity index (χ3n) is 3.32. The molecule has 2 rings (SSSR count). The van der Waals surface area contributed by atoms with Crippen molar-refractivity contribution in [3.8, 4) is 5.75 Å². The van der Waals surface area contributed by atoms with E-state index in [4.69, 9.17) is 22.1 Å². The largest absolute Gasteiger partial charge is 0.496 e. The zero-order valence-corrected chi connectivity index (χ0v) is 13.6. The van der Waals surface area contributed by atoms with Crippen LogP contribution in [0, 0.1) is 6.92 Å². The van der Waals surface area contributed by atoms with Crippen LogP contribution in [-0.4, -0.2) is 18.9 Å². The molecule has 2 aromatic rings. The third-order valence-corrected chi connectivity index (χ3v) is 3.54. The Bertz CT molecular complexity index is 742. The number of rotatable bonds is 5. The maximum atomic E-state index is 12.2. The van der Waals surface area contributed by atoms with Crippen LogP contribution in [0.3, 0.4) is 0 Å². The van der Waals surface area contributed by atoms with E-state index < -0.39 is 5.91 Å². The number of carbonyl (C=O) groups is 2. The lowest BCUT2D eigenvalue weighted by atomic mass is 10.1. The molecule has 6 heteroatoms. The summed E-state index contributed by atoms with van der Waals surface area (Å²) in [6.45, 7) is 1.87. The van der Waals surface area contributed by atoms with Gasteiger partial charge in [-0.3, -0.25) is 9.59 Å². The molecule has 0 unspecified atom stereocenters. The molecule has 23 heavy (non-hydrogen) atoms. The maximum Gasteiger partial charge on any atom is 0.248 e. The van der Waals surface area contributed by atoms with Gasteiger partial charge in [0.25, 0.3) is 0 Å². The van der Waals surface area contributed by atoms with E-state index in [2.05, 4.69) is 5.32 Å².